The van der Waals surface area contributed by atoms with E-state index < -0.39 is 0 Å². The fraction of sp³-hybridized carbons (Fsp3) is 0.500. The van der Waals surface area contributed by atoms with Crippen LogP contribution in [0.5, 0.6) is 0 Å². The minimum atomic E-state index is 0.607. The summed E-state index contributed by atoms with van der Waals surface area (Å²) in [5.41, 5.74) is 2.69. The predicted molar refractivity (Wildman–Crippen MR) is 57.2 cm³/mol. The van der Waals surface area contributed by atoms with Crippen LogP contribution in [0.15, 0.2) is 36.5 Å². The van der Waals surface area contributed by atoms with Gasteiger partial charge in [-0.1, -0.05) is 46.1 Å². The molecule has 0 aliphatic rings. The summed E-state index contributed by atoms with van der Waals surface area (Å²) in [6.45, 7) is 14.2. The summed E-state index contributed by atoms with van der Waals surface area (Å²) in [5, 5.41) is 0. The maximum Gasteiger partial charge on any atom is -0.0190 e. The van der Waals surface area contributed by atoms with Gasteiger partial charge >= 0.3 is 0 Å². The Kier molecular flexibility index (Phi) is 5.44. The molecule has 0 saturated heterocycles. The Labute approximate surface area is 76.7 Å². The molecule has 0 fully saturated rings. The minimum Gasteiger partial charge on any atom is -0.0988 e. The molecular formula is C12H20. The Morgan fingerprint density at radius 3 is 2.08 bits per heavy atom. The third kappa shape index (κ3) is 2.69. The fourth-order valence-electron chi connectivity index (χ4n) is 1.33. The summed E-state index contributed by atoms with van der Waals surface area (Å²) >= 11 is 0. The van der Waals surface area contributed by atoms with E-state index in [9.17, 15) is 0 Å². The van der Waals surface area contributed by atoms with Gasteiger partial charge < -0.3 is 0 Å². The molecule has 0 bridgehead atoms. The lowest BCUT2D eigenvalue weighted by atomic mass is 9.92. The number of hydrogen-bond acceptors (Lipinski definition) is 0. The summed E-state index contributed by atoms with van der Waals surface area (Å²) in [6, 6.07) is 0. The van der Waals surface area contributed by atoms with E-state index in [2.05, 4.69) is 33.9 Å². The lowest BCUT2D eigenvalue weighted by Gasteiger charge is -2.13. The lowest BCUT2D eigenvalue weighted by Crippen LogP contribution is -1.98. The van der Waals surface area contributed by atoms with Crippen LogP contribution in [0.2, 0.25) is 0 Å². The van der Waals surface area contributed by atoms with Crippen molar-refractivity contribution in [3.63, 3.8) is 0 Å². The maximum atomic E-state index is 3.84. The van der Waals surface area contributed by atoms with Crippen LogP contribution in [0.3, 0.4) is 0 Å². The highest BCUT2D eigenvalue weighted by Gasteiger charge is 2.05. The van der Waals surface area contributed by atoms with Crippen molar-refractivity contribution < 1.29 is 0 Å². The first-order valence-corrected chi connectivity index (χ1v) is 4.69. The molecule has 0 heteroatoms. The minimum absolute atomic E-state index is 0.607. The Morgan fingerprint density at radius 2 is 1.83 bits per heavy atom. The second-order valence-electron chi connectivity index (χ2n) is 3.05. The second kappa shape index (κ2) is 5.82. The van der Waals surface area contributed by atoms with Gasteiger partial charge in [-0.2, -0.15) is 0 Å². The molecule has 0 aliphatic heterocycles. The first-order valence-electron chi connectivity index (χ1n) is 4.69. The van der Waals surface area contributed by atoms with Crippen molar-refractivity contribution >= 4 is 0 Å². The molecule has 0 spiro atoms. The van der Waals surface area contributed by atoms with E-state index in [1.807, 2.05) is 12.2 Å². The molecule has 0 aliphatic carbocycles. The van der Waals surface area contributed by atoms with E-state index in [0.29, 0.717) is 5.92 Å². The van der Waals surface area contributed by atoms with Gasteiger partial charge in [0.25, 0.3) is 0 Å². The topological polar surface area (TPSA) is 0 Å². The molecule has 0 aromatic heterocycles. The molecule has 0 amide bonds. The summed E-state index contributed by atoms with van der Waals surface area (Å²) in [4.78, 5) is 0. The molecule has 0 heterocycles. The van der Waals surface area contributed by atoms with Crippen molar-refractivity contribution in [1.82, 2.24) is 0 Å². The van der Waals surface area contributed by atoms with Gasteiger partial charge in [0.2, 0.25) is 0 Å². The van der Waals surface area contributed by atoms with Gasteiger partial charge in [0, 0.05) is 0 Å². The van der Waals surface area contributed by atoms with Crippen LogP contribution < -0.4 is 0 Å². The molecular weight excluding hydrogens is 144 g/mol. The maximum absolute atomic E-state index is 3.84. The predicted octanol–water partition coefficient (Wildman–Crippen LogP) is 4.11. The third-order valence-electron chi connectivity index (χ3n) is 2.36. The van der Waals surface area contributed by atoms with Crippen LogP contribution in [-0.2, 0) is 0 Å². The molecule has 0 radical (unpaired) electrons. The lowest BCUT2D eigenvalue weighted by molar-refractivity contribution is 0.663. The van der Waals surface area contributed by atoms with Crippen molar-refractivity contribution in [2.45, 2.75) is 33.6 Å². The zero-order valence-corrected chi connectivity index (χ0v) is 8.56. The normalized spacial score (nSPS) is 14.9. The molecule has 0 nitrogen and oxygen atoms in total. The molecule has 1 atom stereocenters. The first kappa shape index (κ1) is 11.2. The van der Waals surface area contributed by atoms with Gasteiger partial charge in [0.15, 0.2) is 0 Å². The third-order valence-corrected chi connectivity index (χ3v) is 2.36. The molecule has 0 aromatic carbocycles. The van der Waals surface area contributed by atoms with Crippen molar-refractivity contribution in [2.24, 2.45) is 5.92 Å². The van der Waals surface area contributed by atoms with E-state index in [4.69, 9.17) is 0 Å². The fourth-order valence-corrected chi connectivity index (χ4v) is 1.33. The van der Waals surface area contributed by atoms with Crippen LogP contribution in [0.1, 0.15) is 33.6 Å². The largest absolute Gasteiger partial charge is 0.0988 e. The van der Waals surface area contributed by atoms with Crippen LogP contribution in [0.25, 0.3) is 0 Å². The summed E-state index contributed by atoms with van der Waals surface area (Å²) in [6.07, 6.45) is 6.13. The number of hydrogen-bond donors (Lipinski definition) is 0. The SMILES string of the molecule is C=C/C(CC)=C(\C=C)C(C)CC. The molecule has 0 saturated carbocycles. The number of allylic oxidation sites excluding steroid dienone is 4. The number of rotatable bonds is 5. The van der Waals surface area contributed by atoms with E-state index in [1.54, 1.807) is 0 Å². The quantitative estimate of drug-likeness (QED) is 0.536. The van der Waals surface area contributed by atoms with Gasteiger partial charge in [-0.25, -0.2) is 0 Å². The standard InChI is InChI=1S/C12H20/c1-6-10(5)12(9-4)11(7-2)8-3/h7,9-10H,2,4,6,8H2,1,3,5H3/b12-11-. The highest BCUT2D eigenvalue weighted by atomic mass is 14.1. The Bertz CT molecular complexity index is 184. The van der Waals surface area contributed by atoms with Gasteiger partial charge in [0.1, 0.15) is 0 Å². The van der Waals surface area contributed by atoms with Crippen molar-refractivity contribution in [2.75, 3.05) is 0 Å². The average molecular weight is 164 g/mol. The van der Waals surface area contributed by atoms with E-state index >= 15 is 0 Å². The van der Waals surface area contributed by atoms with E-state index in [1.165, 1.54) is 17.6 Å². The van der Waals surface area contributed by atoms with Gasteiger partial charge in [-0.15, -0.1) is 0 Å². The van der Waals surface area contributed by atoms with Crippen molar-refractivity contribution in [3.8, 4) is 0 Å². The van der Waals surface area contributed by atoms with Gasteiger partial charge in [-0.3, -0.25) is 0 Å². The zero-order valence-electron chi connectivity index (χ0n) is 8.56. The van der Waals surface area contributed by atoms with Gasteiger partial charge in [0.05, 0.1) is 0 Å². The highest BCUT2D eigenvalue weighted by Crippen LogP contribution is 2.21. The average Bonchev–Trinajstić information content (AvgIpc) is 2.12. The van der Waals surface area contributed by atoms with Crippen LogP contribution >= 0.6 is 0 Å². The monoisotopic (exact) mass is 164 g/mol. The molecule has 0 rings (SSSR count). The summed E-state index contributed by atoms with van der Waals surface area (Å²) in [5.74, 6) is 0.607. The van der Waals surface area contributed by atoms with Crippen LogP contribution in [-0.4, -0.2) is 0 Å². The van der Waals surface area contributed by atoms with Crippen LogP contribution in [0, 0.1) is 5.92 Å². The van der Waals surface area contributed by atoms with Crippen molar-refractivity contribution in [3.05, 3.63) is 36.5 Å². The first-order chi connectivity index (χ1) is 5.71. The van der Waals surface area contributed by atoms with E-state index in [-0.39, 0.29) is 0 Å². The Hall–Kier alpha value is -0.780. The Morgan fingerprint density at radius 1 is 1.25 bits per heavy atom. The van der Waals surface area contributed by atoms with Gasteiger partial charge in [-0.05, 0) is 29.9 Å². The zero-order chi connectivity index (χ0) is 9.56. The molecule has 68 valence electrons. The second-order valence-corrected chi connectivity index (χ2v) is 3.05. The summed E-state index contributed by atoms with van der Waals surface area (Å²) < 4.78 is 0. The van der Waals surface area contributed by atoms with Crippen LogP contribution in [0.4, 0.5) is 0 Å². The molecule has 12 heavy (non-hydrogen) atoms. The van der Waals surface area contributed by atoms with E-state index in [0.717, 1.165) is 6.42 Å². The highest BCUT2D eigenvalue weighted by molar-refractivity contribution is 5.32. The molecule has 0 aromatic rings. The molecule has 0 N–H and O–H groups in total. The summed E-state index contributed by atoms with van der Waals surface area (Å²) in [7, 11) is 0. The molecule has 1 unspecified atom stereocenters. The van der Waals surface area contributed by atoms with Crippen molar-refractivity contribution in [1.29, 1.82) is 0 Å². The smallest absolute Gasteiger partial charge is 0.0190 e. The Balaban J connectivity index is 4.80.